The van der Waals surface area contributed by atoms with Gasteiger partial charge >= 0.3 is 0 Å². The summed E-state index contributed by atoms with van der Waals surface area (Å²) in [6.07, 6.45) is 0.893. The van der Waals surface area contributed by atoms with Crippen molar-refractivity contribution >= 4 is 17.3 Å². The van der Waals surface area contributed by atoms with Gasteiger partial charge in [-0.05, 0) is 18.1 Å². The molecule has 0 saturated heterocycles. The lowest BCUT2D eigenvalue weighted by atomic mass is 9.99. The van der Waals surface area contributed by atoms with Crippen molar-refractivity contribution in [1.82, 2.24) is 0 Å². The highest BCUT2D eigenvalue weighted by atomic mass is 16.2. The molecule has 0 fully saturated rings. The topological polar surface area (TPSA) is 58.4 Å². The van der Waals surface area contributed by atoms with Gasteiger partial charge in [0.2, 0.25) is 5.91 Å². The molecule has 4 heteroatoms. The van der Waals surface area contributed by atoms with Crippen LogP contribution in [0.5, 0.6) is 0 Å². The number of amides is 1. The predicted molar refractivity (Wildman–Crippen MR) is 76.8 cm³/mol. The van der Waals surface area contributed by atoms with Crippen molar-refractivity contribution in [2.75, 3.05) is 24.3 Å². The summed E-state index contributed by atoms with van der Waals surface area (Å²) in [5, 5.41) is 2.90. The van der Waals surface area contributed by atoms with Crippen molar-refractivity contribution in [3.8, 4) is 0 Å². The van der Waals surface area contributed by atoms with Gasteiger partial charge in [-0.3, -0.25) is 4.79 Å². The predicted octanol–water partition coefficient (Wildman–Crippen LogP) is 2.06. The van der Waals surface area contributed by atoms with Crippen molar-refractivity contribution < 1.29 is 4.79 Å². The minimum Gasteiger partial charge on any atom is -0.376 e. The maximum Gasteiger partial charge on any atom is 0.241 e. The Bertz CT molecular complexity index is 404. The SMILES string of the molecule is CC[C@H](C)[C@H](N)C(=O)Nc1ccccc1N(C)C. The molecule has 0 aliphatic heterocycles. The number of anilines is 2. The van der Waals surface area contributed by atoms with Gasteiger partial charge in [0, 0.05) is 14.1 Å². The van der Waals surface area contributed by atoms with Crippen LogP contribution in [0.3, 0.4) is 0 Å². The number of nitrogens with one attached hydrogen (secondary N) is 1. The van der Waals surface area contributed by atoms with Gasteiger partial charge in [0.05, 0.1) is 17.4 Å². The Kier molecular flexibility index (Phi) is 5.16. The van der Waals surface area contributed by atoms with Gasteiger partial charge in [0.15, 0.2) is 0 Å². The maximum atomic E-state index is 12.0. The monoisotopic (exact) mass is 249 g/mol. The fourth-order valence-electron chi connectivity index (χ4n) is 1.70. The van der Waals surface area contributed by atoms with E-state index in [0.29, 0.717) is 0 Å². The van der Waals surface area contributed by atoms with Gasteiger partial charge in [-0.25, -0.2) is 0 Å². The number of nitrogens with two attached hydrogens (primary N) is 1. The second kappa shape index (κ2) is 6.40. The summed E-state index contributed by atoms with van der Waals surface area (Å²) in [4.78, 5) is 14.0. The average Bonchev–Trinajstić information content (AvgIpc) is 2.37. The van der Waals surface area contributed by atoms with Crippen LogP contribution < -0.4 is 16.0 Å². The second-order valence-corrected chi connectivity index (χ2v) is 4.81. The Morgan fingerprint density at radius 3 is 2.56 bits per heavy atom. The van der Waals surface area contributed by atoms with E-state index in [0.717, 1.165) is 17.8 Å². The zero-order valence-corrected chi connectivity index (χ0v) is 11.6. The third kappa shape index (κ3) is 3.47. The number of carbonyl (C=O) groups is 1. The van der Waals surface area contributed by atoms with Crippen molar-refractivity contribution in [3.05, 3.63) is 24.3 Å². The van der Waals surface area contributed by atoms with Gasteiger partial charge in [0.25, 0.3) is 0 Å². The molecule has 1 amide bonds. The van der Waals surface area contributed by atoms with E-state index >= 15 is 0 Å². The smallest absolute Gasteiger partial charge is 0.241 e. The standard InChI is InChI=1S/C14H23N3O/c1-5-10(2)13(15)14(18)16-11-8-6-7-9-12(11)17(3)4/h6-10,13H,5,15H2,1-4H3,(H,16,18)/t10-,13-/m0/s1. The number of hydrogen-bond acceptors (Lipinski definition) is 3. The largest absolute Gasteiger partial charge is 0.376 e. The Labute approximate surface area is 109 Å². The van der Waals surface area contributed by atoms with Gasteiger partial charge in [-0.1, -0.05) is 32.4 Å². The number of hydrogen-bond donors (Lipinski definition) is 2. The highest BCUT2D eigenvalue weighted by Gasteiger charge is 2.20. The van der Waals surface area contributed by atoms with Crippen LogP contribution in [0.2, 0.25) is 0 Å². The lowest BCUT2D eigenvalue weighted by Crippen LogP contribution is -2.40. The number of carbonyl (C=O) groups excluding carboxylic acids is 1. The lowest BCUT2D eigenvalue weighted by Gasteiger charge is -2.21. The van der Waals surface area contributed by atoms with E-state index in [9.17, 15) is 4.79 Å². The molecular formula is C14H23N3O. The molecule has 0 heterocycles. The molecule has 2 atom stereocenters. The summed E-state index contributed by atoms with van der Waals surface area (Å²) < 4.78 is 0. The van der Waals surface area contributed by atoms with Crippen LogP contribution in [0.1, 0.15) is 20.3 Å². The molecule has 3 N–H and O–H groups in total. The Hall–Kier alpha value is -1.55. The van der Waals surface area contributed by atoms with Crippen LogP contribution in [-0.2, 0) is 4.79 Å². The fraction of sp³-hybridized carbons (Fsp3) is 0.500. The van der Waals surface area contributed by atoms with Crippen molar-refractivity contribution in [3.63, 3.8) is 0 Å². The van der Waals surface area contributed by atoms with Gasteiger partial charge < -0.3 is 16.0 Å². The highest BCUT2D eigenvalue weighted by molar-refractivity contribution is 5.97. The van der Waals surface area contributed by atoms with Crippen molar-refractivity contribution in [1.29, 1.82) is 0 Å². The summed E-state index contributed by atoms with van der Waals surface area (Å²) in [6, 6.07) is 7.22. The molecule has 0 saturated carbocycles. The highest BCUT2D eigenvalue weighted by Crippen LogP contribution is 2.23. The summed E-state index contributed by atoms with van der Waals surface area (Å²) in [5.41, 5.74) is 7.69. The quantitative estimate of drug-likeness (QED) is 0.840. The molecule has 0 bridgehead atoms. The molecule has 0 radical (unpaired) electrons. The third-order valence-electron chi connectivity index (χ3n) is 3.20. The summed E-state index contributed by atoms with van der Waals surface area (Å²) in [7, 11) is 3.89. The van der Waals surface area contributed by atoms with Crippen LogP contribution in [0.4, 0.5) is 11.4 Å². The fourth-order valence-corrected chi connectivity index (χ4v) is 1.70. The van der Waals surface area contributed by atoms with E-state index in [1.165, 1.54) is 0 Å². The average molecular weight is 249 g/mol. The molecular weight excluding hydrogens is 226 g/mol. The zero-order valence-electron chi connectivity index (χ0n) is 11.6. The van der Waals surface area contributed by atoms with E-state index in [2.05, 4.69) is 5.32 Å². The van der Waals surface area contributed by atoms with E-state index in [4.69, 9.17) is 5.73 Å². The lowest BCUT2D eigenvalue weighted by molar-refractivity contribution is -0.118. The van der Waals surface area contributed by atoms with Crippen LogP contribution in [-0.4, -0.2) is 26.0 Å². The molecule has 100 valence electrons. The number of nitrogens with zero attached hydrogens (tertiary/aromatic N) is 1. The van der Waals surface area contributed by atoms with Crippen LogP contribution in [0.25, 0.3) is 0 Å². The first-order chi connectivity index (χ1) is 8.47. The summed E-state index contributed by atoms with van der Waals surface area (Å²) in [5.74, 6) is 0.0511. The zero-order chi connectivity index (χ0) is 13.7. The van der Waals surface area contributed by atoms with Crippen molar-refractivity contribution in [2.45, 2.75) is 26.3 Å². The molecule has 0 aromatic heterocycles. The Morgan fingerprint density at radius 1 is 1.39 bits per heavy atom. The minimum absolute atomic E-state index is 0.126. The van der Waals surface area contributed by atoms with Crippen molar-refractivity contribution in [2.24, 2.45) is 11.7 Å². The first-order valence-corrected chi connectivity index (χ1v) is 6.30. The van der Waals surface area contributed by atoms with Gasteiger partial charge in [0.1, 0.15) is 0 Å². The molecule has 1 aromatic rings. The van der Waals surface area contributed by atoms with Crippen LogP contribution in [0.15, 0.2) is 24.3 Å². The molecule has 0 aliphatic carbocycles. The normalized spacial score (nSPS) is 13.8. The molecule has 18 heavy (non-hydrogen) atoms. The molecule has 1 aromatic carbocycles. The van der Waals surface area contributed by atoms with Gasteiger partial charge in [-0.15, -0.1) is 0 Å². The number of benzene rings is 1. The molecule has 0 aliphatic rings. The Morgan fingerprint density at radius 2 is 2.00 bits per heavy atom. The second-order valence-electron chi connectivity index (χ2n) is 4.81. The summed E-state index contributed by atoms with van der Waals surface area (Å²) >= 11 is 0. The van der Waals surface area contributed by atoms with E-state index in [-0.39, 0.29) is 11.8 Å². The first-order valence-electron chi connectivity index (χ1n) is 6.30. The Balaban J connectivity index is 2.82. The summed E-state index contributed by atoms with van der Waals surface area (Å²) in [6.45, 7) is 4.02. The number of para-hydroxylation sites is 2. The van der Waals surface area contributed by atoms with Gasteiger partial charge in [-0.2, -0.15) is 0 Å². The molecule has 1 rings (SSSR count). The molecule has 0 unspecified atom stereocenters. The van der Waals surface area contributed by atoms with E-state index in [1.807, 2.05) is 57.1 Å². The molecule has 4 nitrogen and oxygen atoms in total. The first kappa shape index (κ1) is 14.5. The van der Waals surface area contributed by atoms with E-state index in [1.54, 1.807) is 0 Å². The van der Waals surface area contributed by atoms with E-state index < -0.39 is 6.04 Å². The minimum atomic E-state index is -0.467. The third-order valence-corrected chi connectivity index (χ3v) is 3.20. The van der Waals surface area contributed by atoms with Crippen LogP contribution in [0, 0.1) is 5.92 Å². The molecule has 0 spiro atoms. The van der Waals surface area contributed by atoms with Crippen LogP contribution >= 0.6 is 0 Å². The maximum absolute atomic E-state index is 12.0. The number of rotatable bonds is 5.